The molecule has 0 aromatic carbocycles. The molecule has 16 heavy (non-hydrogen) atoms. The quantitative estimate of drug-likeness (QED) is 0.708. The van der Waals surface area contributed by atoms with E-state index in [0.717, 1.165) is 12.8 Å². The van der Waals surface area contributed by atoms with E-state index in [2.05, 4.69) is 15.3 Å². The molecule has 2 rings (SSSR count). The molecular formula is C10H14N4O2. The van der Waals surface area contributed by atoms with Gasteiger partial charge >= 0.3 is 5.97 Å². The van der Waals surface area contributed by atoms with Gasteiger partial charge in [0.2, 0.25) is 0 Å². The topological polar surface area (TPSA) is 101 Å². The number of nitrogens with zero attached hydrogens (tertiary/aromatic N) is 2. The molecule has 1 saturated carbocycles. The number of nitrogens with two attached hydrogens (primary N) is 1. The summed E-state index contributed by atoms with van der Waals surface area (Å²) in [7, 11) is 0. The summed E-state index contributed by atoms with van der Waals surface area (Å²) in [4.78, 5) is 18.4. The van der Waals surface area contributed by atoms with Crippen LogP contribution in [0.5, 0.6) is 0 Å². The van der Waals surface area contributed by atoms with Crippen LogP contribution in [-0.4, -0.2) is 27.1 Å². The molecule has 1 fully saturated rings. The van der Waals surface area contributed by atoms with Gasteiger partial charge in [0, 0.05) is 6.04 Å². The number of anilines is 2. The molecule has 0 aliphatic heterocycles. The number of nitrogen functional groups attached to an aromatic ring is 1. The van der Waals surface area contributed by atoms with Crippen molar-refractivity contribution in [1.29, 1.82) is 0 Å². The summed E-state index contributed by atoms with van der Waals surface area (Å²) >= 11 is 0. The molecular weight excluding hydrogens is 208 g/mol. The van der Waals surface area contributed by atoms with Gasteiger partial charge in [-0.2, -0.15) is 0 Å². The summed E-state index contributed by atoms with van der Waals surface area (Å²) in [5.41, 5.74) is 5.30. The minimum absolute atomic E-state index is 0.0458. The summed E-state index contributed by atoms with van der Waals surface area (Å²) in [6, 6.07) is 0.407. The number of nitrogens with one attached hydrogen (secondary N) is 1. The van der Waals surface area contributed by atoms with Crippen LogP contribution >= 0.6 is 0 Å². The maximum absolute atomic E-state index is 10.7. The molecule has 86 valence electrons. The highest BCUT2D eigenvalue weighted by molar-refractivity contribution is 5.90. The first kappa shape index (κ1) is 10.7. The number of carbonyl (C=O) groups is 1. The Morgan fingerprint density at radius 1 is 1.50 bits per heavy atom. The van der Waals surface area contributed by atoms with Gasteiger partial charge in [0.1, 0.15) is 5.82 Å². The van der Waals surface area contributed by atoms with E-state index < -0.39 is 5.97 Å². The molecule has 0 bridgehead atoms. The lowest BCUT2D eigenvalue weighted by Gasteiger charge is -2.12. The second-order valence-electron chi connectivity index (χ2n) is 3.92. The largest absolute Gasteiger partial charge is 0.476 e. The molecule has 1 aromatic heterocycles. The maximum atomic E-state index is 10.7. The van der Waals surface area contributed by atoms with Crippen LogP contribution in [0.25, 0.3) is 0 Å². The highest BCUT2D eigenvalue weighted by Crippen LogP contribution is 2.21. The van der Waals surface area contributed by atoms with Gasteiger partial charge in [-0.25, -0.2) is 14.8 Å². The molecule has 0 unspecified atom stereocenters. The van der Waals surface area contributed by atoms with E-state index in [1.165, 1.54) is 19.0 Å². The van der Waals surface area contributed by atoms with Crippen molar-refractivity contribution in [2.75, 3.05) is 11.1 Å². The van der Waals surface area contributed by atoms with E-state index in [1.54, 1.807) is 0 Å². The number of carboxylic acid groups (broad SMARTS) is 1. The minimum atomic E-state index is -1.16. The third kappa shape index (κ3) is 2.21. The highest BCUT2D eigenvalue weighted by atomic mass is 16.4. The van der Waals surface area contributed by atoms with Gasteiger partial charge in [0.15, 0.2) is 11.5 Å². The van der Waals surface area contributed by atoms with Crippen molar-refractivity contribution in [3.63, 3.8) is 0 Å². The molecule has 0 spiro atoms. The van der Waals surface area contributed by atoms with Gasteiger partial charge in [-0.3, -0.25) is 0 Å². The number of hydrogen-bond acceptors (Lipinski definition) is 5. The van der Waals surface area contributed by atoms with E-state index in [4.69, 9.17) is 10.8 Å². The Morgan fingerprint density at radius 3 is 2.75 bits per heavy atom. The molecule has 0 saturated heterocycles. The van der Waals surface area contributed by atoms with Crippen LogP contribution in [0, 0.1) is 0 Å². The number of rotatable bonds is 3. The number of carboxylic acids is 1. The molecule has 4 N–H and O–H groups in total. The molecule has 6 heteroatoms. The summed E-state index contributed by atoms with van der Waals surface area (Å²) in [6.07, 6.45) is 6.07. The second kappa shape index (κ2) is 4.34. The van der Waals surface area contributed by atoms with Crippen molar-refractivity contribution in [3.8, 4) is 0 Å². The van der Waals surface area contributed by atoms with Gasteiger partial charge in [0.25, 0.3) is 0 Å². The molecule has 1 aromatic rings. The standard InChI is InChI=1S/C10H14N4O2/c11-9-8(10(15)16)12-5-7(14-9)13-6-3-1-2-4-6/h5-6H,1-4H2,(H,15,16)(H3,11,13,14). The second-order valence-corrected chi connectivity index (χ2v) is 3.92. The lowest BCUT2D eigenvalue weighted by Crippen LogP contribution is -2.17. The lowest BCUT2D eigenvalue weighted by molar-refractivity contribution is 0.0691. The monoisotopic (exact) mass is 222 g/mol. The van der Waals surface area contributed by atoms with E-state index in [1.807, 2.05) is 0 Å². The van der Waals surface area contributed by atoms with Crippen molar-refractivity contribution < 1.29 is 9.90 Å². The average Bonchev–Trinajstić information content (AvgIpc) is 2.70. The van der Waals surface area contributed by atoms with E-state index in [-0.39, 0.29) is 11.5 Å². The number of aromatic carboxylic acids is 1. The van der Waals surface area contributed by atoms with Crippen LogP contribution < -0.4 is 11.1 Å². The third-order valence-corrected chi connectivity index (χ3v) is 2.71. The van der Waals surface area contributed by atoms with Gasteiger partial charge in [-0.15, -0.1) is 0 Å². The SMILES string of the molecule is Nc1nc(NC2CCCC2)cnc1C(=O)O. The molecule has 0 radical (unpaired) electrons. The molecule has 1 aliphatic carbocycles. The molecule has 1 heterocycles. The summed E-state index contributed by atoms with van der Waals surface area (Å²) in [5, 5.41) is 11.9. The van der Waals surface area contributed by atoms with Crippen molar-refractivity contribution in [3.05, 3.63) is 11.9 Å². The summed E-state index contributed by atoms with van der Waals surface area (Å²) in [6.45, 7) is 0. The Balaban J connectivity index is 2.11. The fourth-order valence-electron chi connectivity index (χ4n) is 1.92. The number of aromatic nitrogens is 2. The third-order valence-electron chi connectivity index (χ3n) is 2.71. The van der Waals surface area contributed by atoms with Crippen LogP contribution in [0.2, 0.25) is 0 Å². The summed E-state index contributed by atoms with van der Waals surface area (Å²) < 4.78 is 0. The Bertz CT molecular complexity index is 402. The number of hydrogen-bond donors (Lipinski definition) is 3. The van der Waals surface area contributed by atoms with Gasteiger partial charge < -0.3 is 16.2 Å². The van der Waals surface area contributed by atoms with Crippen LogP contribution in [0.3, 0.4) is 0 Å². The van der Waals surface area contributed by atoms with Gasteiger partial charge in [-0.05, 0) is 12.8 Å². The first-order chi connectivity index (χ1) is 7.66. The molecule has 0 amide bonds. The van der Waals surface area contributed by atoms with E-state index in [9.17, 15) is 4.79 Å². The average molecular weight is 222 g/mol. The fourth-order valence-corrected chi connectivity index (χ4v) is 1.92. The Kier molecular flexibility index (Phi) is 2.89. The zero-order chi connectivity index (χ0) is 11.5. The van der Waals surface area contributed by atoms with Gasteiger partial charge in [-0.1, -0.05) is 12.8 Å². The van der Waals surface area contributed by atoms with Crippen LogP contribution in [0.15, 0.2) is 6.20 Å². The Morgan fingerprint density at radius 2 is 2.19 bits per heavy atom. The van der Waals surface area contributed by atoms with E-state index >= 15 is 0 Å². The lowest BCUT2D eigenvalue weighted by atomic mass is 10.2. The first-order valence-electron chi connectivity index (χ1n) is 5.29. The molecule has 6 nitrogen and oxygen atoms in total. The Hall–Kier alpha value is -1.85. The van der Waals surface area contributed by atoms with Crippen LogP contribution in [0.1, 0.15) is 36.2 Å². The zero-order valence-electron chi connectivity index (χ0n) is 8.81. The zero-order valence-corrected chi connectivity index (χ0v) is 8.81. The molecule has 1 aliphatic rings. The van der Waals surface area contributed by atoms with Crippen molar-refractivity contribution in [2.45, 2.75) is 31.7 Å². The molecule has 0 atom stereocenters. The highest BCUT2D eigenvalue weighted by Gasteiger charge is 2.17. The minimum Gasteiger partial charge on any atom is -0.476 e. The predicted octanol–water partition coefficient (Wildman–Crippen LogP) is 1.11. The van der Waals surface area contributed by atoms with Crippen molar-refractivity contribution in [2.24, 2.45) is 0 Å². The summed E-state index contributed by atoms with van der Waals surface area (Å²) in [5.74, 6) is -0.651. The van der Waals surface area contributed by atoms with Crippen LogP contribution in [0.4, 0.5) is 11.6 Å². The first-order valence-corrected chi connectivity index (χ1v) is 5.29. The van der Waals surface area contributed by atoms with Crippen molar-refractivity contribution >= 4 is 17.6 Å². The van der Waals surface area contributed by atoms with Crippen LogP contribution in [-0.2, 0) is 0 Å². The van der Waals surface area contributed by atoms with E-state index in [0.29, 0.717) is 11.9 Å². The van der Waals surface area contributed by atoms with Gasteiger partial charge in [0.05, 0.1) is 6.20 Å². The predicted molar refractivity (Wildman–Crippen MR) is 59.3 cm³/mol. The fraction of sp³-hybridized carbons (Fsp3) is 0.500. The van der Waals surface area contributed by atoms with Crippen molar-refractivity contribution in [1.82, 2.24) is 9.97 Å². The normalized spacial score (nSPS) is 16.2. The maximum Gasteiger partial charge on any atom is 0.358 e. The Labute approximate surface area is 92.9 Å². The smallest absolute Gasteiger partial charge is 0.358 e.